The maximum Gasteiger partial charge on any atom is 0.303 e. The fourth-order valence-electron chi connectivity index (χ4n) is 1.71. The van der Waals surface area contributed by atoms with Crippen molar-refractivity contribution in [1.29, 1.82) is 0 Å². The topological polar surface area (TPSA) is 83.7 Å². The zero-order valence-electron chi connectivity index (χ0n) is 10.2. The van der Waals surface area contributed by atoms with Crippen molar-refractivity contribution in [1.82, 2.24) is 14.9 Å². The Balaban J connectivity index is 0.00000180. The third-order valence-corrected chi connectivity index (χ3v) is 2.55. The maximum atomic E-state index is 11.6. The van der Waals surface area contributed by atoms with E-state index in [4.69, 9.17) is 5.11 Å². The number of rotatable bonds is 4. The number of nitrogens with zero attached hydrogens (tertiary/aromatic N) is 2. The number of pyridine rings is 1. The first-order valence-electron chi connectivity index (χ1n) is 5.38. The summed E-state index contributed by atoms with van der Waals surface area (Å²) in [5, 5.41) is 15.1. The van der Waals surface area contributed by atoms with E-state index in [0.29, 0.717) is 23.2 Å². The Kier molecular flexibility index (Phi) is 5.63. The van der Waals surface area contributed by atoms with Crippen LogP contribution in [0.15, 0.2) is 24.4 Å². The van der Waals surface area contributed by atoms with Gasteiger partial charge in [-0.2, -0.15) is 5.10 Å². The van der Waals surface area contributed by atoms with Crippen molar-refractivity contribution >= 4 is 17.4 Å². The third kappa shape index (κ3) is 3.61. The van der Waals surface area contributed by atoms with Gasteiger partial charge in [0.25, 0.3) is 0 Å². The summed E-state index contributed by atoms with van der Waals surface area (Å²) in [5.74, 6) is -1.17. The number of aromatic nitrogens is 2. The molecule has 0 bridgehead atoms. The largest absolute Gasteiger partial charge is 0.504 e. The first-order valence-corrected chi connectivity index (χ1v) is 5.38. The molecule has 19 heavy (non-hydrogen) atoms. The zero-order valence-corrected chi connectivity index (χ0v) is 13.0. The minimum Gasteiger partial charge on any atom is -0.504 e. The molecule has 2 heterocycles. The van der Waals surface area contributed by atoms with Gasteiger partial charge < -0.3 is 10.4 Å². The number of hydrogen-bond donors (Lipinski definition) is 2. The summed E-state index contributed by atoms with van der Waals surface area (Å²) in [6.45, 7) is 0. The van der Waals surface area contributed by atoms with Gasteiger partial charge in [0, 0.05) is 45.3 Å². The molecule has 0 unspecified atom stereocenters. The van der Waals surface area contributed by atoms with Gasteiger partial charge >= 0.3 is 5.97 Å². The van der Waals surface area contributed by atoms with Crippen molar-refractivity contribution in [2.24, 2.45) is 0 Å². The van der Waals surface area contributed by atoms with E-state index in [0.717, 1.165) is 0 Å². The van der Waals surface area contributed by atoms with E-state index in [9.17, 15) is 9.59 Å². The molecule has 0 saturated heterocycles. The van der Waals surface area contributed by atoms with Crippen LogP contribution in [0.3, 0.4) is 0 Å². The van der Waals surface area contributed by atoms with E-state index in [1.54, 1.807) is 28.9 Å². The predicted octanol–water partition coefficient (Wildman–Crippen LogP) is 0.870. The smallest absolute Gasteiger partial charge is 0.303 e. The van der Waals surface area contributed by atoms with Crippen LogP contribution in [0.5, 0.6) is 0 Å². The molecule has 0 spiro atoms. The summed E-state index contributed by atoms with van der Waals surface area (Å²) in [5.41, 5.74) is 1.74. The molecule has 97 valence electrons. The molecular formula is C12H12N3O3Y-. The van der Waals surface area contributed by atoms with E-state index >= 15 is 0 Å². The Hall–Kier alpha value is -1.27. The summed E-state index contributed by atoms with van der Waals surface area (Å²) in [4.78, 5) is 22.1. The van der Waals surface area contributed by atoms with Gasteiger partial charge in [-0.15, -0.1) is 0 Å². The summed E-state index contributed by atoms with van der Waals surface area (Å²) in [6, 6.07) is 5.08. The van der Waals surface area contributed by atoms with Crippen LogP contribution in [0.4, 0.5) is 0 Å². The van der Waals surface area contributed by atoms with Gasteiger partial charge in [-0.3, -0.25) is 16.6 Å². The first kappa shape index (κ1) is 15.8. The molecule has 0 aliphatic heterocycles. The van der Waals surface area contributed by atoms with Gasteiger partial charge in [-0.25, -0.2) is 4.52 Å². The van der Waals surface area contributed by atoms with Gasteiger partial charge in [-0.1, -0.05) is 0 Å². The summed E-state index contributed by atoms with van der Waals surface area (Å²) >= 11 is 0. The molecule has 1 radical (unpaired) electrons. The van der Waals surface area contributed by atoms with Gasteiger partial charge in [0.1, 0.15) is 0 Å². The number of carboxylic acids is 1. The van der Waals surface area contributed by atoms with Crippen LogP contribution >= 0.6 is 0 Å². The average molecular weight is 335 g/mol. The molecule has 0 saturated carbocycles. The van der Waals surface area contributed by atoms with Crippen molar-refractivity contribution < 1.29 is 47.4 Å². The molecule has 7 heteroatoms. The van der Waals surface area contributed by atoms with E-state index in [1.165, 1.54) is 0 Å². The summed E-state index contributed by atoms with van der Waals surface area (Å²) in [6.07, 6.45) is 2.06. The molecule has 0 aliphatic carbocycles. The minimum absolute atomic E-state index is 0. The van der Waals surface area contributed by atoms with Gasteiger partial charge in [0.15, 0.2) is 0 Å². The van der Waals surface area contributed by atoms with Crippen LogP contribution in [0, 0.1) is 7.05 Å². The Morgan fingerprint density at radius 2 is 2.21 bits per heavy atom. The Labute approximate surface area is 135 Å². The molecular weight excluding hydrogens is 323 g/mol. The van der Waals surface area contributed by atoms with E-state index in [2.05, 4.69) is 17.5 Å². The number of fused-ring (bicyclic) bond motifs is 1. The van der Waals surface area contributed by atoms with Crippen LogP contribution in [-0.2, 0) is 43.9 Å². The molecule has 0 aliphatic rings. The standard InChI is InChI=1S/C12H12N3O3.Y/c1-13-12(18)9-3-2-6-15-10(9)7-8(14-15)4-5-11(16)17;/h2-3,6-7H,1,4-5H2,(H,13,18)(H,16,17);/q-1;. The fourth-order valence-corrected chi connectivity index (χ4v) is 1.71. The predicted molar refractivity (Wildman–Crippen MR) is 64.0 cm³/mol. The van der Waals surface area contributed by atoms with Crippen LogP contribution in [0.1, 0.15) is 22.5 Å². The molecule has 2 aromatic rings. The molecule has 2 aromatic heterocycles. The fraction of sp³-hybridized carbons (Fsp3) is 0.167. The zero-order chi connectivity index (χ0) is 13.1. The number of amides is 1. The number of aryl methyl sites for hydroxylation is 1. The van der Waals surface area contributed by atoms with Crippen LogP contribution in [-0.4, -0.2) is 26.6 Å². The Morgan fingerprint density at radius 3 is 2.84 bits per heavy atom. The molecule has 6 nitrogen and oxygen atoms in total. The number of nitrogens with one attached hydrogen (secondary N) is 1. The second kappa shape index (κ2) is 6.77. The van der Waals surface area contributed by atoms with Crippen molar-refractivity contribution in [3.05, 3.63) is 42.7 Å². The molecule has 2 rings (SSSR count). The van der Waals surface area contributed by atoms with E-state index in [1.807, 2.05) is 0 Å². The molecule has 2 N–H and O–H groups in total. The van der Waals surface area contributed by atoms with Gasteiger partial charge in [0.2, 0.25) is 5.91 Å². The monoisotopic (exact) mass is 335 g/mol. The Bertz CT molecular complexity index is 609. The van der Waals surface area contributed by atoms with Crippen molar-refractivity contribution in [2.45, 2.75) is 12.8 Å². The third-order valence-electron chi connectivity index (χ3n) is 2.55. The number of carboxylic acid groups (broad SMARTS) is 1. The number of carbonyl (C=O) groups is 2. The van der Waals surface area contributed by atoms with E-state index < -0.39 is 5.97 Å². The quantitative estimate of drug-likeness (QED) is 0.812. The normalized spacial score (nSPS) is 9.95. The number of hydrogen-bond acceptors (Lipinski definition) is 3. The summed E-state index contributed by atoms with van der Waals surface area (Å²) < 4.78 is 1.56. The molecule has 0 fully saturated rings. The molecule has 0 aromatic carbocycles. The van der Waals surface area contributed by atoms with Crippen molar-refractivity contribution in [2.75, 3.05) is 0 Å². The van der Waals surface area contributed by atoms with Crippen molar-refractivity contribution in [3.8, 4) is 0 Å². The molecule has 1 amide bonds. The van der Waals surface area contributed by atoms with Gasteiger partial charge in [0.05, 0.1) is 23.2 Å². The van der Waals surface area contributed by atoms with Crippen molar-refractivity contribution in [3.63, 3.8) is 0 Å². The van der Waals surface area contributed by atoms with Crippen LogP contribution in [0.25, 0.3) is 5.52 Å². The average Bonchev–Trinajstić information content (AvgIpc) is 2.77. The van der Waals surface area contributed by atoms with Crippen LogP contribution in [0.2, 0.25) is 0 Å². The maximum absolute atomic E-state index is 11.6. The molecule has 0 atom stereocenters. The summed E-state index contributed by atoms with van der Waals surface area (Å²) in [7, 11) is 3.33. The second-order valence-corrected chi connectivity index (χ2v) is 3.79. The second-order valence-electron chi connectivity index (χ2n) is 3.79. The van der Waals surface area contributed by atoms with Gasteiger partial charge in [-0.05, 0) is 18.2 Å². The number of carbonyl (C=O) groups excluding carboxylic acids is 1. The SMILES string of the molecule is [CH2-]NC(=O)c1cccn2nc(CCC(=O)O)cc12.[Y]. The number of aliphatic carboxylic acids is 1. The van der Waals surface area contributed by atoms with Crippen LogP contribution < -0.4 is 5.32 Å². The van der Waals surface area contributed by atoms with E-state index in [-0.39, 0.29) is 45.0 Å². The first-order chi connectivity index (χ1) is 8.61. The minimum atomic E-state index is -0.872. The Morgan fingerprint density at radius 1 is 1.47 bits per heavy atom.